The molecule has 3 rings (SSSR count). The van der Waals surface area contributed by atoms with Crippen LogP contribution in [0.25, 0.3) is 0 Å². The first-order valence-electron chi connectivity index (χ1n) is 8.21. The molecule has 1 saturated carbocycles. The number of aliphatic carboxylic acids is 1. The predicted molar refractivity (Wildman–Crippen MR) is 98.1 cm³/mol. The van der Waals surface area contributed by atoms with Crippen molar-refractivity contribution in [3.63, 3.8) is 0 Å². The molecule has 0 unspecified atom stereocenters. The van der Waals surface area contributed by atoms with Crippen molar-refractivity contribution in [3.05, 3.63) is 64.7 Å². The highest BCUT2D eigenvalue weighted by molar-refractivity contribution is 7.92. The van der Waals surface area contributed by atoms with E-state index in [2.05, 4.69) is 0 Å². The minimum atomic E-state index is -3.96. The van der Waals surface area contributed by atoms with Gasteiger partial charge in [0.2, 0.25) is 0 Å². The average molecular weight is 395 g/mol. The smallest absolute Gasteiger partial charge is 0.314 e. The number of halogens is 1. The van der Waals surface area contributed by atoms with Crippen molar-refractivity contribution in [1.82, 2.24) is 0 Å². The highest BCUT2D eigenvalue weighted by atomic mass is 35.5. The Kier molecular flexibility index (Phi) is 4.86. The van der Waals surface area contributed by atoms with Crippen molar-refractivity contribution in [2.24, 2.45) is 5.41 Å². The Morgan fingerprint density at radius 3 is 2.15 bits per heavy atom. The van der Waals surface area contributed by atoms with Gasteiger partial charge in [0.25, 0.3) is 0 Å². The van der Waals surface area contributed by atoms with E-state index in [1.807, 2.05) is 19.1 Å². The van der Waals surface area contributed by atoms with Gasteiger partial charge in [-0.25, -0.2) is 8.42 Å². The van der Waals surface area contributed by atoms with Crippen LogP contribution >= 0.6 is 11.6 Å². The summed E-state index contributed by atoms with van der Waals surface area (Å²) in [7, 11) is -3.96. The first kappa shape index (κ1) is 18.9. The van der Waals surface area contributed by atoms with Crippen LogP contribution in [0.5, 0.6) is 0 Å². The normalized spacial score (nSPS) is 25.0. The molecule has 1 aliphatic carbocycles. The van der Waals surface area contributed by atoms with Gasteiger partial charge >= 0.3 is 5.97 Å². The van der Waals surface area contributed by atoms with Crippen LogP contribution in [0.3, 0.4) is 0 Å². The van der Waals surface area contributed by atoms with Crippen molar-refractivity contribution in [2.75, 3.05) is 6.61 Å². The van der Waals surface area contributed by atoms with Crippen molar-refractivity contribution < 1.29 is 23.4 Å². The number of hydrogen-bond acceptors (Lipinski definition) is 4. The average Bonchev–Trinajstić information content (AvgIpc) is 3.34. The number of sulfone groups is 1. The molecule has 2 aromatic carbocycles. The van der Waals surface area contributed by atoms with Gasteiger partial charge in [-0.3, -0.25) is 4.79 Å². The predicted octanol–water partition coefficient (Wildman–Crippen LogP) is 2.91. The van der Waals surface area contributed by atoms with E-state index in [-0.39, 0.29) is 4.90 Å². The third-order valence-electron chi connectivity index (χ3n) is 5.14. The second-order valence-corrected chi connectivity index (χ2v) is 9.00. The van der Waals surface area contributed by atoms with Crippen molar-refractivity contribution in [2.45, 2.75) is 29.4 Å². The van der Waals surface area contributed by atoms with Crippen LogP contribution in [-0.2, 0) is 21.1 Å². The van der Waals surface area contributed by atoms with Gasteiger partial charge in [-0.1, -0.05) is 42.8 Å². The van der Waals surface area contributed by atoms with Gasteiger partial charge in [0, 0.05) is 10.9 Å². The first-order valence-corrected chi connectivity index (χ1v) is 10.1. The Morgan fingerprint density at radius 2 is 1.69 bits per heavy atom. The highest BCUT2D eigenvalue weighted by Gasteiger charge is 2.75. The minimum absolute atomic E-state index is 0.00125. The van der Waals surface area contributed by atoms with Crippen molar-refractivity contribution >= 4 is 27.4 Å². The number of carbonyl (C=O) groups is 1. The quantitative estimate of drug-likeness (QED) is 0.786. The maximum atomic E-state index is 13.1. The fourth-order valence-electron chi connectivity index (χ4n) is 3.58. The fraction of sp³-hybridized carbons (Fsp3) is 0.316. The maximum Gasteiger partial charge on any atom is 0.314 e. The molecule has 2 aromatic rings. The number of aliphatic hydroxyl groups excluding tert-OH is 1. The number of carboxylic acid groups (broad SMARTS) is 1. The van der Waals surface area contributed by atoms with E-state index in [1.165, 1.54) is 24.3 Å². The van der Waals surface area contributed by atoms with Gasteiger partial charge in [-0.2, -0.15) is 0 Å². The number of hydrogen-bond donors (Lipinski definition) is 2. The van der Waals surface area contributed by atoms with Gasteiger partial charge in [-0.05, 0) is 41.8 Å². The molecule has 0 saturated heterocycles. The number of aryl methyl sites for hydroxylation is 1. The van der Waals surface area contributed by atoms with Gasteiger partial charge in [0.1, 0.15) is 5.41 Å². The lowest BCUT2D eigenvalue weighted by Gasteiger charge is -2.09. The lowest BCUT2D eigenvalue weighted by atomic mass is 9.99. The summed E-state index contributed by atoms with van der Waals surface area (Å²) >= 11 is 5.81. The molecule has 0 amide bonds. The summed E-state index contributed by atoms with van der Waals surface area (Å²) in [6, 6.07) is 12.8. The number of rotatable bonds is 6. The summed E-state index contributed by atoms with van der Waals surface area (Å²) in [5, 5.41) is 18.7. The monoisotopic (exact) mass is 394 g/mol. The van der Waals surface area contributed by atoms with Gasteiger partial charge in [0.15, 0.2) is 9.84 Å². The largest absolute Gasteiger partial charge is 0.481 e. The summed E-state index contributed by atoms with van der Waals surface area (Å²) < 4.78 is 26.1. The minimum Gasteiger partial charge on any atom is -0.481 e. The summed E-state index contributed by atoms with van der Waals surface area (Å²) in [6.07, 6.45) is 0.821. The molecule has 0 spiro atoms. The molecule has 1 fully saturated rings. The van der Waals surface area contributed by atoms with Gasteiger partial charge < -0.3 is 10.2 Å². The molecule has 0 aliphatic heterocycles. The molecule has 0 heterocycles. The first-order chi connectivity index (χ1) is 12.3. The third kappa shape index (κ3) is 2.82. The Hall–Kier alpha value is -1.89. The molecule has 3 atom stereocenters. The molecule has 1 aliphatic rings. The van der Waals surface area contributed by atoms with Crippen LogP contribution in [0, 0.1) is 5.41 Å². The van der Waals surface area contributed by atoms with E-state index in [1.54, 1.807) is 12.1 Å². The number of benzene rings is 2. The molecule has 7 heteroatoms. The maximum absolute atomic E-state index is 13.1. The second kappa shape index (κ2) is 6.68. The van der Waals surface area contributed by atoms with Crippen LogP contribution in [0.4, 0.5) is 0 Å². The molecule has 138 valence electrons. The Bertz CT molecular complexity index is 921. The molecule has 2 N–H and O–H groups in total. The van der Waals surface area contributed by atoms with E-state index in [0.717, 1.165) is 12.0 Å². The molecule has 0 aromatic heterocycles. The van der Waals surface area contributed by atoms with Crippen molar-refractivity contribution in [1.29, 1.82) is 0 Å². The zero-order valence-corrected chi connectivity index (χ0v) is 15.7. The fourth-order valence-corrected chi connectivity index (χ4v) is 6.07. The Morgan fingerprint density at radius 1 is 1.12 bits per heavy atom. The van der Waals surface area contributed by atoms with E-state index in [0.29, 0.717) is 10.6 Å². The molecule has 26 heavy (non-hydrogen) atoms. The van der Waals surface area contributed by atoms with Crippen LogP contribution in [0.2, 0.25) is 5.02 Å². The lowest BCUT2D eigenvalue weighted by Crippen LogP contribution is -2.27. The van der Waals surface area contributed by atoms with Crippen LogP contribution in [0.1, 0.15) is 24.0 Å². The second-order valence-electron chi connectivity index (χ2n) is 6.50. The molecule has 0 bridgehead atoms. The Labute approximate surface area is 157 Å². The van der Waals surface area contributed by atoms with E-state index in [4.69, 9.17) is 11.6 Å². The zero-order valence-electron chi connectivity index (χ0n) is 14.1. The summed E-state index contributed by atoms with van der Waals surface area (Å²) in [6.45, 7) is 1.25. The van der Waals surface area contributed by atoms with E-state index >= 15 is 0 Å². The molecular weight excluding hydrogens is 376 g/mol. The molecule has 5 nitrogen and oxygen atoms in total. The van der Waals surface area contributed by atoms with E-state index in [9.17, 15) is 23.4 Å². The topological polar surface area (TPSA) is 91.7 Å². The molecular formula is C19H19ClO5S. The summed E-state index contributed by atoms with van der Waals surface area (Å²) in [5.41, 5.74) is -0.0794. The number of carboxylic acids is 1. The summed E-state index contributed by atoms with van der Waals surface area (Å²) in [5.74, 6) is -2.12. The standard InChI is InChI=1S/C19H19ClO5S/c1-2-12-3-5-13(6-4-12)16-17(19(16,11-21)18(22)23)26(24,25)15-9-7-14(20)8-10-15/h3-10,16-17,21H,2,11H2,1H3,(H,22,23)/t16-,17+,19+/m1/s1. The third-order valence-corrected chi connectivity index (χ3v) is 7.68. The zero-order chi connectivity index (χ0) is 19.1. The lowest BCUT2D eigenvalue weighted by molar-refractivity contribution is -0.145. The van der Waals surface area contributed by atoms with Crippen LogP contribution in [0.15, 0.2) is 53.4 Å². The number of aliphatic hydroxyl groups is 1. The highest BCUT2D eigenvalue weighted by Crippen LogP contribution is 2.64. The van der Waals surface area contributed by atoms with Crippen LogP contribution < -0.4 is 0 Å². The van der Waals surface area contributed by atoms with Crippen molar-refractivity contribution in [3.8, 4) is 0 Å². The summed E-state index contributed by atoms with van der Waals surface area (Å²) in [4.78, 5) is 11.9. The van der Waals surface area contributed by atoms with Gasteiger partial charge in [-0.15, -0.1) is 0 Å². The molecule has 0 radical (unpaired) electrons. The van der Waals surface area contributed by atoms with Crippen LogP contribution in [-0.4, -0.2) is 36.5 Å². The Balaban J connectivity index is 2.08. The van der Waals surface area contributed by atoms with Gasteiger partial charge in [0.05, 0.1) is 16.8 Å². The SMILES string of the molecule is CCc1ccc([C@@H]2[C@H](S(=O)(=O)c3ccc(Cl)cc3)[C@@]2(CO)C(=O)O)cc1. The van der Waals surface area contributed by atoms with E-state index < -0.39 is 39.0 Å².